The summed E-state index contributed by atoms with van der Waals surface area (Å²) in [5.41, 5.74) is 2.16. The SMILES string of the molecule is Cc1cccc(C2=NOCCO2)c1. The molecule has 0 bridgehead atoms. The number of ether oxygens (including phenoxy) is 1. The first kappa shape index (κ1) is 8.10. The molecule has 1 aromatic rings. The molecule has 1 aromatic carbocycles. The van der Waals surface area contributed by atoms with Crippen LogP contribution in [0, 0.1) is 6.92 Å². The van der Waals surface area contributed by atoms with Crippen molar-refractivity contribution in [3.8, 4) is 0 Å². The Morgan fingerprint density at radius 2 is 2.23 bits per heavy atom. The van der Waals surface area contributed by atoms with Crippen molar-refractivity contribution in [2.45, 2.75) is 6.92 Å². The van der Waals surface area contributed by atoms with Crippen LogP contribution < -0.4 is 0 Å². The van der Waals surface area contributed by atoms with E-state index in [1.807, 2.05) is 31.2 Å². The first-order valence-corrected chi connectivity index (χ1v) is 4.26. The number of benzene rings is 1. The van der Waals surface area contributed by atoms with Gasteiger partial charge in [-0.15, -0.1) is 0 Å². The average molecular weight is 177 g/mol. The zero-order valence-electron chi connectivity index (χ0n) is 7.49. The lowest BCUT2D eigenvalue weighted by Crippen LogP contribution is -2.16. The van der Waals surface area contributed by atoms with Gasteiger partial charge in [-0.1, -0.05) is 17.7 Å². The van der Waals surface area contributed by atoms with Gasteiger partial charge >= 0.3 is 0 Å². The number of hydrogen-bond acceptors (Lipinski definition) is 3. The van der Waals surface area contributed by atoms with E-state index in [0.29, 0.717) is 19.1 Å². The minimum Gasteiger partial charge on any atom is -0.471 e. The van der Waals surface area contributed by atoms with E-state index in [4.69, 9.17) is 9.57 Å². The van der Waals surface area contributed by atoms with Gasteiger partial charge < -0.3 is 9.57 Å². The van der Waals surface area contributed by atoms with Crippen LogP contribution in [0.1, 0.15) is 11.1 Å². The second-order valence-corrected chi connectivity index (χ2v) is 2.95. The highest BCUT2D eigenvalue weighted by Crippen LogP contribution is 2.08. The molecule has 3 heteroatoms. The molecule has 0 spiro atoms. The fraction of sp³-hybridized carbons (Fsp3) is 0.300. The summed E-state index contributed by atoms with van der Waals surface area (Å²) in [7, 11) is 0. The van der Waals surface area contributed by atoms with E-state index in [9.17, 15) is 0 Å². The zero-order chi connectivity index (χ0) is 9.10. The van der Waals surface area contributed by atoms with Crippen LogP contribution in [0.2, 0.25) is 0 Å². The Kier molecular flexibility index (Phi) is 2.17. The van der Waals surface area contributed by atoms with Gasteiger partial charge in [-0.25, -0.2) is 0 Å². The first-order valence-electron chi connectivity index (χ1n) is 4.26. The topological polar surface area (TPSA) is 30.8 Å². The molecule has 0 unspecified atom stereocenters. The normalized spacial score (nSPS) is 15.6. The zero-order valence-corrected chi connectivity index (χ0v) is 7.49. The van der Waals surface area contributed by atoms with Gasteiger partial charge in [0.2, 0.25) is 0 Å². The Labute approximate surface area is 77.0 Å². The fourth-order valence-corrected chi connectivity index (χ4v) is 1.22. The average Bonchev–Trinajstić information content (AvgIpc) is 2.19. The van der Waals surface area contributed by atoms with Crippen LogP contribution in [0.25, 0.3) is 0 Å². The fourth-order valence-electron chi connectivity index (χ4n) is 1.22. The van der Waals surface area contributed by atoms with Crippen molar-refractivity contribution in [1.29, 1.82) is 0 Å². The van der Waals surface area contributed by atoms with E-state index in [1.165, 1.54) is 5.56 Å². The van der Waals surface area contributed by atoms with E-state index >= 15 is 0 Å². The molecule has 0 aromatic heterocycles. The maximum absolute atomic E-state index is 5.34. The highest BCUT2D eigenvalue weighted by molar-refractivity contribution is 5.94. The lowest BCUT2D eigenvalue weighted by Gasteiger charge is -2.13. The van der Waals surface area contributed by atoms with Gasteiger partial charge in [0.25, 0.3) is 5.90 Å². The molecule has 0 saturated carbocycles. The molecule has 1 aliphatic heterocycles. The number of nitrogens with zero attached hydrogens (tertiary/aromatic N) is 1. The molecular weight excluding hydrogens is 166 g/mol. The predicted octanol–water partition coefficient (Wildman–Crippen LogP) is 1.70. The summed E-state index contributed by atoms with van der Waals surface area (Å²) in [5.74, 6) is 0.579. The lowest BCUT2D eigenvalue weighted by atomic mass is 10.1. The van der Waals surface area contributed by atoms with Crippen molar-refractivity contribution in [2.24, 2.45) is 5.16 Å². The van der Waals surface area contributed by atoms with Crippen molar-refractivity contribution in [3.05, 3.63) is 35.4 Å². The van der Waals surface area contributed by atoms with Gasteiger partial charge in [-0.2, -0.15) is 0 Å². The molecule has 1 aliphatic rings. The molecule has 0 amide bonds. The Balaban J connectivity index is 2.29. The maximum atomic E-state index is 5.34. The third kappa shape index (κ3) is 1.80. The molecule has 0 saturated heterocycles. The first-order chi connectivity index (χ1) is 6.36. The summed E-state index contributed by atoms with van der Waals surface area (Å²) in [5, 5.41) is 3.84. The number of aryl methyl sites for hydroxylation is 1. The molecule has 0 fully saturated rings. The molecular formula is C10H11NO2. The summed E-state index contributed by atoms with van der Waals surface area (Å²) < 4.78 is 5.34. The Bertz CT molecular complexity index is 333. The van der Waals surface area contributed by atoms with E-state index < -0.39 is 0 Å². The molecule has 68 valence electrons. The molecule has 3 nitrogen and oxygen atoms in total. The van der Waals surface area contributed by atoms with Crippen LogP contribution >= 0.6 is 0 Å². The van der Waals surface area contributed by atoms with Crippen molar-refractivity contribution < 1.29 is 9.57 Å². The van der Waals surface area contributed by atoms with Crippen molar-refractivity contribution in [2.75, 3.05) is 13.2 Å². The third-order valence-corrected chi connectivity index (χ3v) is 1.83. The molecule has 0 radical (unpaired) electrons. The second-order valence-electron chi connectivity index (χ2n) is 2.95. The molecule has 2 rings (SSSR count). The standard InChI is InChI=1S/C10H11NO2/c1-8-3-2-4-9(7-8)10-11-13-6-5-12-10/h2-4,7H,5-6H2,1H3. The molecule has 1 heterocycles. The van der Waals surface area contributed by atoms with Crippen LogP contribution in [0.5, 0.6) is 0 Å². The van der Waals surface area contributed by atoms with Crippen molar-refractivity contribution >= 4 is 5.90 Å². The van der Waals surface area contributed by atoms with E-state index in [1.54, 1.807) is 0 Å². The third-order valence-electron chi connectivity index (χ3n) is 1.83. The van der Waals surface area contributed by atoms with Gasteiger partial charge in [0.05, 0.1) is 0 Å². The quantitative estimate of drug-likeness (QED) is 0.653. The Hall–Kier alpha value is -1.51. The van der Waals surface area contributed by atoms with Crippen LogP contribution in [-0.2, 0) is 9.57 Å². The van der Waals surface area contributed by atoms with Gasteiger partial charge in [0, 0.05) is 5.56 Å². The predicted molar refractivity (Wildman–Crippen MR) is 49.6 cm³/mol. The Morgan fingerprint density at radius 3 is 2.92 bits per heavy atom. The minimum atomic E-state index is 0.537. The largest absolute Gasteiger partial charge is 0.471 e. The minimum absolute atomic E-state index is 0.537. The van der Waals surface area contributed by atoms with E-state index in [0.717, 1.165) is 5.56 Å². The van der Waals surface area contributed by atoms with Crippen LogP contribution in [0.15, 0.2) is 29.4 Å². The van der Waals surface area contributed by atoms with E-state index in [-0.39, 0.29) is 0 Å². The highest BCUT2D eigenvalue weighted by atomic mass is 16.7. The summed E-state index contributed by atoms with van der Waals surface area (Å²) in [4.78, 5) is 4.94. The summed E-state index contributed by atoms with van der Waals surface area (Å²) in [6.07, 6.45) is 0. The summed E-state index contributed by atoms with van der Waals surface area (Å²) in [6.45, 7) is 3.15. The lowest BCUT2D eigenvalue weighted by molar-refractivity contribution is 0.0655. The van der Waals surface area contributed by atoms with Gasteiger partial charge in [-0.3, -0.25) is 0 Å². The molecule has 13 heavy (non-hydrogen) atoms. The molecule has 0 aliphatic carbocycles. The number of oxime groups is 1. The maximum Gasteiger partial charge on any atom is 0.257 e. The summed E-state index contributed by atoms with van der Waals surface area (Å²) >= 11 is 0. The van der Waals surface area contributed by atoms with Gasteiger partial charge in [-0.05, 0) is 24.2 Å². The number of hydrogen-bond donors (Lipinski definition) is 0. The molecule has 0 atom stereocenters. The van der Waals surface area contributed by atoms with Gasteiger partial charge in [0.15, 0.2) is 6.61 Å². The van der Waals surface area contributed by atoms with Crippen molar-refractivity contribution in [3.63, 3.8) is 0 Å². The van der Waals surface area contributed by atoms with Crippen LogP contribution in [0.4, 0.5) is 0 Å². The monoisotopic (exact) mass is 177 g/mol. The smallest absolute Gasteiger partial charge is 0.257 e. The van der Waals surface area contributed by atoms with Crippen LogP contribution in [0.3, 0.4) is 0 Å². The molecule has 0 N–H and O–H groups in total. The second kappa shape index (κ2) is 3.47. The summed E-state index contributed by atoms with van der Waals surface area (Å²) in [6, 6.07) is 7.99. The highest BCUT2D eigenvalue weighted by Gasteiger charge is 2.09. The Morgan fingerprint density at radius 1 is 1.31 bits per heavy atom. The van der Waals surface area contributed by atoms with Crippen LogP contribution in [-0.4, -0.2) is 19.1 Å². The van der Waals surface area contributed by atoms with E-state index in [2.05, 4.69) is 5.16 Å². The number of rotatable bonds is 1. The van der Waals surface area contributed by atoms with Gasteiger partial charge in [0.1, 0.15) is 6.61 Å². The van der Waals surface area contributed by atoms with Crippen molar-refractivity contribution in [1.82, 2.24) is 0 Å².